The zero-order valence-corrected chi connectivity index (χ0v) is 30.0. The lowest BCUT2D eigenvalue weighted by atomic mass is 9.82. The number of aromatic amines is 1. The van der Waals surface area contributed by atoms with E-state index in [0.29, 0.717) is 47.0 Å². The van der Waals surface area contributed by atoms with Crippen molar-refractivity contribution in [2.75, 3.05) is 16.8 Å². The second kappa shape index (κ2) is 13.4. The van der Waals surface area contributed by atoms with Crippen LogP contribution in [0.4, 0.5) is 15.5 Å². The number of nitrogens with zero attached hydrogens (tertiary/aromatic N) is 4. The van der Waals surface area contributed by atoms with Crippen LogP contribution in [-0.2, 0) is 45.9 Å². The average Bonchev–Trinajstić information content (AvgIpc) is 3.83. The summed E-state index contributed by atoms with van der Waals surface area (Å²) in [5.41, 5.74) is 3.57. The predicted octanol–water partition coefficient (Wildman–Crippen LogP) is 6.54. The van der Waals surface area contributed by atoms with Gasteiger partial charge in [-0.1, -0.05) is 54.1 Å². The number of halogens is 2. The molecule has 5 aromatic rings. The Bertz CT molecular complexity index is 2050. The van der Waals surface area contributed by atoms with E-state index in [2.05, 4.69) is 20.6 Å². The molecular formula is C37H40ClFN6O4Si. The number of ether oxygens (including phenoxy) is 1. The number of carbonyl (C=O) groups excluding carboxylic acids is 2. The second-order valence-corrected chi connectivity index (χ2v) is 18.1. The van der Waals surface area contributed by atoms with E-state index < -0.39 is 31.6 Å². The Morgan fingerprint density at radius 2 is 1.94 bits per heavy atom. The summed E-state index contributed by atoms with van der Waals surface area (Å²) >= 11 is 6.53. The van der Waals surface area contributed by atoms with Crippen LogP contribution in [0.2, 0.25) is 23.7 Å². The molecule has 2 aromatic heterocycles. The highest BCUT2D eigenvalue weighted by Gasteiger charge is 2.66. The summed E-state index contributed by atoms with van der Waals surface area (Å²) < 4.78 is 24.7. The highest BCUT2D eigenvalue weighted by atomic mass is 35.5. The summed E-state index contributed by atoms with van der Waals surface area (Å²) in [6.45, 7) is 5.94. The maximum Gasteiger partial charge on any atom is 0.264 e. The Morgan fingerprint density at radius 1 is 1.16 bits per heavy atom. The molecule has 0 saturated carbocycles. The predicted molar refractivity (Wildman–Crippen MR) is 193 cm³/mol. The van der Waals surface area contributed by atoms with Crippen molar-refractivity contribution in [3.05, 3.63) is 107 Å². The van der Waals surface area contributed by atoms with Crippen LogP contribution in [0.1, 0.15) is 35.7 Å². The molecule has 4 heterocycles. The first-order chi connectivity index (χ1) is 24.0. The van der Waals surface area contributed by atoms with Gasteiger partial charge in [0.05, 0.1) is 30.5 Å². The standard InChI is InChI=1S/C37H40ClFN6O4Si/c1-23-35(50(2,3)39)33(14-16-44-22-28(15-17-46)42-43-44)49-37(23)30-19-26(38)10-13-32(30)45(36(37)48)21-24-8-11-27(12-9-24)41-34(47)18-25-20-40-31-7-5-4-6-29(25)31/h4-13,19-20,22-23,33,35,40,46H,14-18,21H2,1-3H3,(H,41,47)/t23-,33+,35-,37+/m1/s1. The maximum atomic E-state index is 16.2. The molecule has 2 aliphatic rings. The lowest BCUT2D eigenvalue weighted by Crippen LogP contribution is -2.45. The number of rotatable bonds is 11. The van der Waals surface area contributed by atoms with Crippen LogP contribution < -0.4 is 10.2 Å². The smallest absolute Gasteiger partial charge is 0.264 e. The van der Waals surface area contributed by atoms with Crippen molar-refractivity contribution in [3.63, 3.8) is 0 Å². The molecule has 1 spiro atoms. The van der Waals surface area contributed by atoms with Gasteiger partial charge in [-0.15, -0.1) is 5.10 Å². The summed E-state index contributed by atoms with van der Waals surface area (Å²) in [4.78, 5) is 32.5. The molecule has 260 valence electrons. The average molecular weight is 715 g/mol. The molecular weight excluding hydrogens is 675 g/mol. The van der Waals surface area contributed by atoms with Gasteiger partial charge in [-0.25, -0.2) is 0 Å². The maximum absolute atomic E-state index is 16.2. The SMILES string of the molecule is C[C@@H]1[C@@H]([Si](C)(C)F)[C@H](CCn2cc(CCO)nn2)O[C@@]12C(=O)N(Cc1ccc(NC(=O)Cc3c[nH]c4ccccc34)cc1)c1ccc(Cl)cc12. The highest BCUT2D eigenvalue weighted by molar-refractivity contribution is 6.72. The lowest BCUT2D eigenvalue weighted by Gasteiger charge is -2.31. The molecule has 0 radical (unpaired) electrons. The number of aryl methyl sites for hydroxylation is 1. The van der Waals surface area contributed by atoms with Gasteiger partial charge >= 0.3 is 0 Å². The monoisotopic (exact) mass is 714 g/mol. The number of fused-ring (bicyclic) bond motifs is 3. The molecule has 3 aromatic carbocycles. The molecule has 0 aliphatic carbocycles. The number of aliphatic hydroxyl groups is 1. The third kappa shape index (κ3) is 6.25. The van der Waals surface area contributed by atoms with E-state index in [1.807, 2.05) is 67.7 Å². The molecule has 0 bridgehead atoms. The van der Waals surface area contributed by atoms with Crippen LogP contribution in [0.3, 0.4) is 0 Å². The number of nitrogens with one attached hydrogen (secondary N) is 2. The van der Waals surface area contributed by atoms with Crippen molar-refractivity contribution >= 4 is 54.1 Å². The highest BCUT2D eigenvalue weighted by Crippen LogP contribution is 2.60. The lowest BCUT2D eigenvalue weighted by molar-refractivity contribution is -0.146. The quantitative estimate of drug-likeness (QED) is 0.105. The summed E-state index contributed by atoms with van der Waals surface area (Å²) in [5, 5.41) is 22.0. The minimum absolute atomic E-state index is 0.0258. The van der Waals surface area contributed by atoms with E-state index in [0.717, 1.165) is 22.0 Å². The topological polar surface area (TPSA) is 125 Å². The van der Waals surface area contributed by atoms with Gasteiger partial charge in [-0.3, -0.25) is 14.3 Å². The van der Waals surface area contributed by atoms with Crippen molar-refractivity contribution < 1.29 is 23.5 Å². The Hall–Kier alpha value is -4.36. The zero-order valence-electron chi connectivity index (χ0n) is 28.2. The van der Waals surface area contributed by atoms with Crippen molar-refractivity contribution in [1.29, 1.82) is 0 Å². The minimum Gasteiger partial charge on any atom is -0.396 e. The molecule has 2 amide bonds. The van der Waals surface area contributed by atoms with E-state index in [4.69, 9.17) is 16.3 Å². The van der Waals surface area contributed by atoms with E-state index in [9.17, 15) is 14.7 Å². The molecule has 4 atom stereocenters. The van der Waals surface area contributed by atoms with E-state index in [1.54, 1.807) is 41.0 Å². The van der Waals surface area contributed by atoms with Crippen molar-refractivity contribution in [1.82, 2.24) is 20.0 Å². The van der Waals surface area contributed by atoms with Gasteiger partial charge in [-0.2, -0.15) is 0 Å². The van der Waals surface area contributed by atoms with Gasteiger partial charge < -0.3 is 29.2 Å². The Labute approximate surface area is 295 Å². The van der Waals surface area contributed by atoms with Crippen molar-refractivity contribution in [2.45, 2.75) is 69.6 Å². The van der Waals surface area contributed by atoms with Crippen molar-refractivity contribution in [3.8, 4) is 0 Å². The number of hydrogen-bond acceptors (Lipinski definition) is 6. The summed E-state index contributed by atoms with van der Waals surface area (Å²) in [7, 11) is -3.35. The molecule has 1 saturated heterocycles. The number of para-hydroxylation sites is 1. The molecule has 10 nitrogen and oxygen atoms in total. The first-order valence-electron chi connectivity index (χ1n) is 16.9. The third-order valence-electron chi connectivity index (χ3n) is 10.1. The molecule has 1 fully saturated rings. The number of H-pyrrole nitrogens is 1. The van der Waals surface area contributed by atoms with Crippen LogP contribution in [0.5, 0.6) is 0 Å². The first kappa shape index (κ1) is 34.1. The summed E-state index contributed by atoms with van der Waals surface area (Å²) in [6.07, 6.45) is 4.17. The number of hydrogen-bond donors (Lipinski definition) is 3. The van der Waals surface area contributed by atoms with Gasteiger partial charge in [0.1, 0.15) is 0 Å². The molecule has 50 heavy (non-hydrogen) atoms. The number of aliphatic hydroxyl groups excluding tert-OH is 1. The summed E-state index contributed by atoms with van der Waals surface area (Å²) in [6, 6.07) is 20.7. The number of benzene rings is 3. The molecule has 0 unspecified atom stereocenters. The normalized spacial score (nSPS) is 21.8. The number of aromatic nitrogens is 4. The van der Waals surface area contributed by atoms with Crippen LogP contribution in [-0.4, -0.2) is 58.0 Å². The van der Waals surface area contributed by atoms with Gasteiger partial charge in [-0.05, 0) is 67.0 Å². The molecule has 2 aliphatic heterocycles. The fraction of sp³-hybridized carbons (Fsp3) is 0.351. The summed E-state index contributed by atoms with van der Waals surface area (Å²) in [5.74, 6) is -0.824. The minimum atomic E-state index is -3.35. The first-order valence-corrected chi connectivity index (χ1v) is 20.2. The van der Waals surface area contributed by atoms with E-state index >= 15 is 4.11 Å². The fourth-order valence-corrected chi connectivity index (χ4v) is 10.6. The second-order valence-electron chi connectivity index (χ2n) is 13.8. The molecule has 13 heteroatoms. The largest absolute Gasteiger partial charge is 0.396 e. The number of amides is 2. The van der Waals surface area contributed by atoms with Crippen LogP contribution in [0, 0.1) is 5.92 Å². The van der Waals surface area contributed by atoms with E-state index in [-0.39, 0.29) is 31.4 Å². The van der Waals surface area contributed by atoms with Gasteiger partial charge in [0.15, 0.2) is 5.60 Å². The Kier molecular flexibility index (Phi) is 9.14. The van der Waals surface area contributed by atoms with Gasteiger partial charge in [0, 0.05) is 70.6 Å². The zero-order chi connectivity index (χ0) is 35.2. The number of anilines is 2. The number of carbonyl (C=O) groups is 2. The fourth-order valence-electron chi connectivity index (χ4n) is 7.91. The van der Waals surface area contributed by atoms with Crippen LogP contribution in [0.15, 0.2) is 79.1 Å². The van der Waals surface area contributed by atoms with Crippen LogP contribution >= 0.6 is 11.6 Å². The molecule has 3 N–H and O–H groups in total. The third-order valence-corrected chi connectivity index (χ3v) is 12.8. The van der Waals surface area contributed by atoms with Crippen molar-refractivity contribution in [2.24, 2.45) is 5.92 Å². The van der Waals surface area contributed by atoms with E-state index in [1.165, 1.54) is 0 Å². The van der Waals surface area contributed by atoms with Crippen LogP contribution in [0.25, 0.3) is 10.9 Å². The van der Waals surface area contributed by atoms with Gasteiger partial charge in [0.2, 0.25) is 14.3 Å². The Balaban J connectivity index is 1.10. The molecule has 7 rings (SSSR count). The Morgan fingerprint density at radius 3 is 2.70 bits per heavy atom. The van der Waals surface area contributed by atoms with Gasteiger partial charge in [0.25, 0.3) is 5.91 Å².